The summed E-state index contributed by atoms with van der Waals surface area (Å²) in [6.45, 7) is 2.47. The predicted molar refractivity (Wildman–Crippen MR) is 82.2 cm³/mol. The van der Waals surface area contributed by atoms with Gasteiger partial charge < -0.3 is 20.3 Å². The van der Waals surface area contributed by atoms with Crippen LogP contribution in [0.25, 0.3) is 0 Å². The van der Waals surface area contributed by atoms with E-state index < -0.39 is 17.2 Å². The number of guanidine groups is 1. The second-order valence-corrected chi connectivity index (χ2v) is 6.55. The standard InChI is InChI=1S/C16H19N3O4/c1-15-6-3-7-22-12(15)16(13(21)19(2)14(17)18-16)10-8-9(20)4-5-11(10)23-15/h4-5,8,12,20H,3,6-7H2,1-2H3,(H2,17,18)/t12-,15+,16-/m0/s1. The van der Waals surface area contributed by atoms with Gasteiger partial charge in [-0.25, -0.2) is 4.99 Å². The summed E-state index contributed by atoms with van der Waals surface area (Å²) in [7, 11) is 1.59. The SMILES string of the molecule is CN1C(=O)[C@]2(N=C1N)c1cc(O)ccc1O[C@]1(C)CCCO[C@@H]12. The van der Waals surface area contributed by atoms with Gasteiger partial charge >= 0.3 is 0 Å². The number of rotatable bonds is 0. The van der Waals surface area contributed by atoms with Crippen molar-refractivity contribution >= 4 is 11.9 Å². The fraction of sp³-hybridized carbons (Fsp3) is 0.500. The van der Waals surface area contributed by atoms with Gasteiger partial charge in [0.1, 0.15) is 23.2 Å². The number of carbonyl (C=O) groups excluding carboxylic acids is 1. The Morgan fingerprint density at radius 1 is 1.48 bits per heavy atom. The Hall–Kier alpha value is -2.28. The number of fused-ring (bicyclic) bond motifs is 4. The lowest BCUT2D eigenvalue weighted by atomic mass is 9.71. The maximum absolute atomic E-state index is 13.1. The first kappa shape index (κ1) is 14.3. The number of phenolic OH excluding ortho intramolecular Hbond substituents is 1. The summed E-state index contributed by atoms with van der Waals surface area (Å²) in [6.07, 6.45) is 1.01. The first-order chi connectivity index (χ1) is 10.9. The number of aliphatic imine (C=N–C) groups is 1. The fourth-order valence-corrected chi connectivity index (χ4v) is 3.91. The molecule has 0 aromatic heterocycles. The number of hydrogen-bond acceptors (Lipinski definition) is 6. The van der Waals surface area contributed by atoms with Crippen molar-refractivity contribution in [1.29, 1.82) is 0 Å². The molecule has 0 bridgehead atoms. The number of nitrogens with two attached hydrogens (primary N) is 1. The lowest BCUT2D eigenvalue weighted by molar-refractivity contribution is -0.175. The molecule has 7 nitrogen and oxygen atoms in total. The minimum Gasteiger partial charge on any atom is -0.508 e. The molecule has 0 unspecified atom stereocenters. The van der Waals surface area contributed by atoms with E-state index in [1.165, 1.54) is 17.0 Å². The maximum atomic E-state index is 13.1. The first-order valence-corrected chi connectivity index (χ1v) is 7.66. The molecule has 3 aliphatic rings. The Morgan fingerprint density at radius 3 is 2.96 bits per heavy atom. The number of ether oxygens (including phenoxy) is 2. The highest BCUT2D eigenvalue weighted by Crippen LogP contribution is 2.53. The number of aromatic hydroxyl groups is 1. The Bertz CT molecular complexity index is 734. The van der Waals surface area contributed by atoms with E-state index in [4.69, 9.17) is 15.2 Å². The number of amides is 1. The average Bonchev–Trinajstić information content (AvgIpc) is 2.74. The van der Waals surface area contributed by atoms with Crippen LogP contribution in [-0.2, 0) is 15.1 Å². The van der Waals surface area contributed by atoms with Crippen molar-refractivity contribution in [3.8, 4) is 11.5 Å². The largest absolute Gasteiger partial charge is 0.508 e. The molecule has 7 heteroatoms. The van der Waals surface area contributed by atoms with Gasteiger partial charge in [-0.3, -0.25) is 9.69 Å². The van der Waals surface area contributed by atoms with Gasteiger partial charge in [-0.05, 0) is 38.0 Å². The van der Waals surface area contributed by atoms with Crippen LogP contribution in [0.15, 0.2) is 23.2 Å². The highest BCUT2D eigenvalue weighted by atomic mass is 16.6. The van der Waals surface area contributed by atoms with Crippen LogP contribution in [0, 0.1) is 0 Å². The molecule has 1 fully saturated rings. The molecule has 1 amide bonds. The summed E-state index contributed by atoms with van der Waals surface area (Å²) in [6, 6.07) is 4.72. The zero-order chi connectivity index (χ0) is 16.4. The van der Waals surface area contributed by atoms with Crippen molar-refractivity contribution in [2.75, 3.05) is 13.7 Å². The van der Waals surface area contributed by atoms with Crippen molar-refractivity contribution < 1.29 is 19.4 Å². The molecule has 4 rings (SSSR count). The Balaban J connectivity index is 2.02. The van der Waals surface area contributed by atoms with Gasteiger partial charge in [0.05, 0.1) is 0 Å². The molecule has 3 atom stereocenters. The van der Waals surface area contributed by atoms with Crippen molar-refractivity contribution in [3.63, 3.8) is 0 Å². The minimum absolute atomic E-state index is 0.0438. The summed E-state index contributed by atoms with van der Waals surface area (Å²) >= 11 is 0. The molecule has 1 aromatic rings. The molecular weight excluding hydrogens is 298 g/mol. The van der Waals surface area contributed by atoms with Crippen LogP contribution in [0.2, 0.25) is 0 Å². The van der Waals surface area contributed by atoms with Crippen LogP contribution in [0.4, 0.5) is 0 Å². The van der Waals surface area contributed by atoms with Crippen molar-refractivity contribution in [2.24, 2.45) is 10.7 Å². The molecular formula is C16H19N3O4. The van der Waals surface area contributed by atoms with Crippen molar-refractivity contribution in [1.82, 2.24) is 4.90 Å². The summed E-state index contributed by atoms with van der Waals surface area (Å²) < 4.78 is 12.1. The smallest absolute Gasteiger partial charge is 0.264 e. The number of hydrogen-bond donors (Lipinski definition) is 2. The number of nitrogens with zero attached hydrogens (tertiary/aromatic N) is 2. The van der Waals surface area contributed by atoms with Crippen LogP contribution in [0.5, 0.6) is 11.5 Å². The summed E-state index contributed by atoms with van der Waals surface area (Å²) in [5.41, 5.74) is 4.45. The number of benzene rings is 1. The van der Waals surface area contributed by atoms with E-state index in [0.717, 1.165) is 12.8 Å². The van der Waals surface area contributed by atoms with Crippen LogP contribution < -0.4 is 10.5 Å². The normalized spacial score (nSPS) is 35.6. The third-order valence-electron chi connectivity index (χ3n) is 5.02. The summed E-state index contributed by atoms with van der Waals surface area (Å²) in [5, 5.41) is 9.91. The van der Waals surface area contributed by atoms with E-state index >= 15 is 0 Å². The van der Waals surface area contributed by atoms with Gasteiger partial charge in [-0.15, -0.1) is 0 Å². The number of phenols is 1. The van der Waals surface area contributed by atoms with Crippen molar-refractivity contribution in [2.45, 2.75) is 37.0 Å². The maximum Gasteiger partial charge on any atom is 0.264 e. The van der Waals surface area contributed by atoms with Crippen molar-refractivity contribution in [3.05, 3.63) is 23.8 Å². The van der Waals surface area contributed by atoms with Gasteiger partial charge in [-0.2, -0.15) is 0 Å². The Labute approximate surface area is 133 Å². The van der Waals surface area contributed by atoms with E-state index in [2.05, 4.69) is 4.99 Å². The van der Waals surface area contributed by atoms with Gasteiger partial charge in [0, 0.05) is 19.2 Å². The van der Waals surface area contributed by atoms with Crippen LogP contribution in [0.3, 0.4) is 0 Å². The second kappa shape index (κ2) is 4.38. The second-order valence-electron chi connectivity index (χ2n) is 6.55. The molecule has 23 heavy (non-hydrogen) atoms. The molecule has 0 radical (unpaired) electrons. The summed E-state index contributed by atoms with van der Waals surface area (Å²) in [4.78, 5) is 18.9. The van der Waals surface area contributed by atoms with Crippen LogP contribution in [0.1, 0.15) is 25.3 Å². The molecule has 1 saturated heterocycles. The number of carbonyl (C=O) groups is 1. The minimum atomic E-state index is -1.31. The molecule has 3 heterocycles. The molecule has 122 valence electrons. The molecule has 0 aliphatic carbocycles. The lowest BCUT2D eigenvalue weighted by Crippen LogP contribution is -2.64. The quantitative estimate of drug-likeness (QED) is 0.734. The molecule has 1 aromatic carbocycles. The van der Waals surface area contributed by atoms with Crippen LogP contribution >= 0.6 is 0 Å². The lowest BCUT2D eigenvalue weighted by Gasteiger charge is -2.51. The third kappa shape index (κ3) is 1.68. The first-order valence-electron chi connectivity index (χ1n) is 7.66. The van der Waals surface area contributed by atoms with Crippen LogP contribution in [-0.4, -0.2) is 47.2 Å². The highest BCUT2D eigenvalue weighted by molar-refractivity contribution is 6.08. The van der Waals surface area contributed by atoms with E-state index in [-0.39, 0.29) is 17.6 Å². The molecule has 1 spiro atoms. The van der Waals surface area contributed by atoms with E-state index in [1.54, 1.807) is 13.1 Å². The monoisotopic (exact) mass is 317 g/mol. The zero-order valence-electron chi connectivity index (χ0n) is 13.1. The zero-order valence-corrected chi connectivity index (χ0v) is 13.1. The predicted octanol–water partition coefficient (Wildman–Crippen LogP) is 0.704. The Kier molecular flexibility index (Phi) is 2.73. The topological polar surface area (TPSA) is 97.4 Å². The molecule has 0 saturated carbocycles. The average molecular weight is 317 g/mol. The fourth-order valence-electron chi connectivity index (χ4n) is 3.91. The van der Waals surface area contributed by atoms with E-state index in [0.29, 0.717) is 17.9 Å². The molecule has 3 aliphatic heterocycles. The summed E-state index contributed by atoms with van der Waals surface area (Å²) in [5.74, 6) is 0.459. The van der Waals surface area contributed by atoms with Gasteiger partial charge in [0.25, 0.3) is 5.91 Å². The number of likely N-dealkylation sites (N-methyl/N-ethyl adjacent to an activating group) is 1. The third-order valence-corrected chi connectivity index (χ3v) is 5.02. The Morgan fingerprint density at radius 2 is 2.26 bits per heavy atom. The molecule has 3 N–H and O–H groups in total. The van der Waals surface area contributed by atoms with Gasteiger partial charge in [0.2, 0.25) is 5.54 Å². The van der Waals surface area contributed by atoms with Gasteiger partial charge in [-0.1, -0.05) is 0 Å². The van der Waals surface area contributed by atoms with E-state index in [1.807, 2.05) is 6.92 Å². The van der Waals surface area contributed by atoms with E-state index in [9.17, 15) is 9.90 Å². The highest BCUT2D eigenvalue weighted by Gasteiger charge is 2.65. The van der Waals surface area contributed by atoms with Gasteiger partial charge in [0.15, 0.2) is 5.96 Å².